The van der Waals surface area contributed by atoms with Crippen molar-refractivity contribution >= 4 is 0 Å². The Balaban J connectivity index is 2.56. The predicted octanol–water partition coefficient (Wildman–Crippen LogP) is 1.85. The van der Waals surface area contributed by atoms with E-state index in [1.165, 1.54) is 38.5 Å². The van der Waals surface area contributed by atoms with E-state index in [2.05, 4.69) is 6.92 Å². The Labute approximate surface area is 86.6 Å². The normalized spacial score (nSPS) is 24.2. The van der Waals surface area contributed by atoms with Gasteiger partial charge in [0.1, 0.15) is 0 Å². The highest BCUT2D eigenvalue weighted by atomic mass is 16.6. The van der Waals surface area contributed by atoms with Crippen LogP contribution in [0, 0.1) is 11.3 Å². The first-order valence-corrected chi connectivity index (χ1v) is 5.65. The van der Waals surface area contributed by atoms with Gasteiger partial charge in [0.15, 0.2) is 0 Å². The van der Waals surface area contributed by atoms with Gasteiger partial charge in [0.25, 0.3) is 0 Å². The molecule has 0 saturated heterocycles. The van der Waals surface area contributed by atoms with E-state index in [1.54, 1.807) is 0 Å². The number of rotatable bonds is 4. The Morgan fingerprint density at radius 3 is 2.29 bits per heavy atom. The molecule has 1 rings (SSSR count). The summed E-state index contributed by atoms with van der Waals surface area (Å²) in [4.78, 5) is 4.73. The molecule has 14 heavy (non-hydrogen) atoms. The number of nitrogens with two attached hydrogens (primary N) is 1. The maximum atomic E-state index is 9.42. The summed E-state index contributed by atoms with van der Waals surface area (Å²) in [5.74, 6) is 5.69. The van der Waals surface area contributed by atoms with Gasteiger partial charge in [-0.1, -0.05) is 32.6 Å². The zero-order valence-electron chi connectivity index (χ0n) is 9.17. The molecule has 0 bridgehead atoms. The van der Waals surface area contributed by atoms with Crippen LogP contribution in [-0.4, -0.2) is 18.3 Å². The maximum Gasteiger partial charge on any atom is 0.0757 e. The Bertz CT molecular complexity index is 155. The lowest BCUT2D eigenvalue weighted by molar-refractivity contribution is -0.0249. The van der Waals surface area contributed by atoms with Crippen LogP contribution in [0.4, 0.5) is 0 Å². The largest absolute Gasteiger partial charge is 0.396 e. The Morgan fingerprint density at radius 1 is 1.29 bits per heavy atom. The Hall–Kier alpha value is -0.120. The van der Waals surface area contributed by atoms with Gasteiger partial charge in [-0.3, -0.25) is 0 Å². The summed E-state index contributed by atoms with van der Waals surface area (Å²) in [5, 5.41) is 9.42. The summed E-state index contributed by atoms with van der Waals surface area (Å²) < 4.78 is 0. The minimum Gasteiger partial charge on any atom is -0.396 e. The van der Waals surface area contributed by atoms with Gasteiger partial charge in [-0.2, -0.15) is 0 Å². The van der Waals surface area contributed by atoms with Gasteiger partial charge >= 0.3 is 0 Å². The lowest BCUT2D eigenvalue weighted by Crippen LogP contribution is -2.37. The number of aliphatic hydroxyl groups excluding tert-OH is 1. The second-order valence-electron chi connectivity index (χ2n) is 4.81. The van der Waals surface area contributed by atoms with Crippen LogP contribution < -0.4 is 5.90 Å². The quantitative estimate of drug-likeness (QED) is 0.539. The highest BCUT2D eigenvalue weighted by Gasteiger charge is 2.33. The fourth-order valence-corrected chi connectivity index (χ4v) is 2.46. The second-order valence-corrected chi connectivity index (χ2v) is 4.81. The average Bonchev–Trinajstić information content (AvgIpc) is 2.46. The molecule has 0 amide bonds. The fraction of sp³-hybridized carbons (Fsp3) is 1.00. The van der Waals surface area contributed by atoms with E-state index in [1.807, 2.05) is 0 Å². The molecule has 0 radical (unpaired) electrons. The van der Waals surface area contributed by atoms with E-state index in [0.29, 0.717) is 12.5 Å². The summed E-state index contributed by atoms with van der Waals surface area (Å²) in [6.45, 7) is 2.72. The molecule has 0 heterocycles. The summed E-state index contributed by atoms with van der Waals surface area (Å²) in [7, 11) is 0. The van der Waals surface area contributed by atoms with Crippen molar-refractivity contribution in [3.8, 4) is 0 Å². The first-order valence-electron chi connectivity index (χ1n) is 5.65. The molecule has 1 saturated carbocycles. The molecule has 84 valence electrons. The van der Waals surface area contributed by atoms with E-state index in [4.69, 9.17) is 10.7 Å². The molecule has 1 aliphatic rings. The van der Waals surface area contributed by atoms with Crippen LogP contribution in [0.3, 0.4) is 0 Å². The zero-order valence-corrected chi connectivity index (χ0v) is 9.17. The molecule has 0 aliphatic heterocycles. The van der Waals surface area contributed by atoms with Crippen LogP contribution in [0.1, 0.15) is 45.4 Å². The lowest BCUT2D eigenvalue weighted by Gasteiger charge is -2.34. The van der Waals surface area contributed by atoms with Crippen molar-refractivity contribution in [2.45, 2.75) is 45.4 Å². The fourth-order valence-electron chi connectivity index (χ4n) is 2.46. The molecule has 1 unspecified atom stereocenters. The first kappa shape index (κ1) is 12.0. The third kappa shape index (κ3) is 2.94. The molecule has 0 aromatic heterocycles. The minimum absolute atomic E-state index is 0.140. The van der Waals surface area contributed by atoms with Crippen LogP contribution in [0.5, 0.6) is 0 Å². The zero-order chi connectivity index (χ0) is 10.4. The smallest absolute Gasteiger partial charge is 0.0757 e. The topological polar surface area (TPSA) is 55.5 Å². The second kappa shape index (κ2) is 5.69. The molecule has 0 aromatic carbocycles. The highest BCUT2D eigenvalue weighted by molar-refractivity contribution is 4.83. The van der Waals surface area contributed by atoms with Gasteiger partial charge in [0.05, 0.1) is 13.2 Å². The molecule has 0 aromatic rings. The van der Waals surface area contributed by atoms with Crippen molar-refractivity contribution in [1.29, 1.82) is 0 Å². The lowest BCUT2D eigenvalue weighted by atomic mass is 9.74. The Kier molecular flexibility index (Phi) is 4.85. The van der Waals surface area contributed by atoms with E-state index in [-0.39, 0.29) is 12.0 Å². The molecule has 1 aliphatic carbocycles. The van der Waals surface area contributed by atoms with Crippen LogP contribution in [-0.2, 0) is 4.84 Å². The van der Waals surface area contributed by atoms with Crippen LogP contribution in [0.25, 0.3) is 0 Å². The van der Waals surface area contributed by atoms with Crippen molar-refractivity contribution < 1.29 is 9.94 Å². The summed E-state index contributed by atoms with van der Waals surface area (Å²) in [5.41, 5.74) is -0.140. The molecule has 1 atom stereocenters. The SMILES string of the molecule is CC(CO)(CON)C1CCCCCC1. The molecular weight excluding hydrogens is 178 g/mol. The van der Waals surface area contributed by atoms with E-state index in [0.717, 1.165) is 0 Å². The van der Waals surface area contributed by atoms with Gasteiger partial charge in [-0.05, 0) is 18.8 Å². The van der Waals surface area contributed by atoms with Gasteiger partial charge in [0, 0.05) is 5.41 Å². The molecular formula is C11H23NO2. The first-order chi connectivity index (χ1) is 6.73. The highest BCUT2D eigenvalue weighted by Crippen LogP contribution is 2.37. The van der Waals surface area contributed by atoms with E-state index in [9.17, 15) is 5.11 Å². The monoisotopic (exact) mass is 201 g/mol. The summed E-state index contributed by atoms with van der Waals surface area (Å²) in [6.07, 6.45) is 7.65. The standard InChI is InChI=1S/C11H23NO2/c1-11(8-13,9-14-12)10-6-4-2-3-5-7-10/h10,13H,2-9,12H2,1H3. The van der Waals surface area contributed by atoms with Gasteiger partial charge in [-0.15, -0.1) is 0 Å². The van der Waals surface area contributed by atoms with Crippen molar-refractivity contribution in [3.05, 3.63) is 0 Å². The molecule has 0 spiro atoms. The Morgan fingerprint density at radius 2 is 1.86 bits per heavy atom. The van der Waals surface area contributed by atoms with Crippen LogP contribution in [0.15, 0.2) is 0 Å². The summed E-state index contributed by atoms with van der Waals surface area (Å²) >= 11 is 0. The van der Waals surface area contributed by atoms with Gasteiger partial charge < -0.3 is 9.94 Å². The predicted molar refractivity (Wildman–Crippen MR) is 56.5 cm³/mol. The van der Waals surface area contributed by atoms with E-state index < -0.39 is 0 Å². The van der Waals surface area contributed by atoms with Gasteiger partial charge in [-0.25, -0.2) is 5.90 Å². The van der Waals surface area contributed by atoms with Crippen LogP contribution in [0.2, 0.25) is 0 Å². The molecule has 3 N–H and O–H groups in total. The molecule has 3 nitrogen and oxygen atoms in total. The number of hydrogen-bond donors (Lipinski definition) is 2. The number of hydrogen-bond acceptors (Lipinski definition) is 3. The van der Waals surface area contributed by atoms with Crippen molar-refractivity contribution in [2.75, 3.05) is 13.2 Å². The van der Waals surface area contributed by atoms with Crippen molar-refractivity contribution in [3.63, 3.8) is 0 Å². The third-order valence-electron chi connectivity index (χ3n) is 3.62. The van der Waals surface area contributed by atoms with Crippen LogP contribution >= 0.6 is 0 Å². The maximum absolute atomic E-state index is 9.42. The van der Waals surface area contributed by atoms with Gasteiger partial charge in [0.2, 0.25) is 0 Å². The molecule has 1 fully saturated rings. The molecule has 3 heteroatoms. The van der Waals surface area contributed by atoms with Crippen molar-refractivity contribution in [2.24, 2.45) is 17.2 Å². The minimum atomic E-state index is -0.140. The average molecular weight is 201 g/mol. The third-order valence-corrected chi connectivity index (χ3v) is 3.62. The van der Waals surface area contributed by atoms with Crippen molar-refractivity contribution in [1.82, 2.24) is 0 Å². The van der Waals surface area contributed by atoms with E-state index >= 15 is 0 Å². The summed E-state index contributed by atoms with van der Waals surface area (Å²) in [6, 6.07) is 0. The number of aliphatic hydroxyl groups is 1.